The van der Waals surface area contributed by atoms with Gasteiger partial charge in [0.25, 0.3) is 0 Å². The van der Waals surface area contributed by atoms with Crippen LogP contribution in [0.5, 0.6) is 0 Å². The molecule has 0 saturated carbocycles. The molecule has 0 amide bonds. The monoisotopic (exact) mass is 148 g/mol. The molecule has 46 valence electrons. The molecule has 5 heteroatoms. The number of carbonyl (C=O) groups is 1. The second-order valence-corrected chi connectivity index (χ2v) is 4.32. The molecule has 0 fully saturated rings. The van der Waals surface area contributed by atoms with E-state index in [2.05, 4.69) is 0 Å². The summed E-state index contributed by atoms with van der Waals surface area (Å²) >= 11 is 0. The van der Waals surface area contributed by atoms with Crippen molar-refractivity contribution in [2.45, 2.75) is 6.92 Å². The van der Waals surface area contributed by atoms with Crippen molar-refractivity contribution in [2.24, 2.45) is 0 Å². The van der Waals surface area contributed by atoms with Gasteiger partial charge in [-0.25, -0.2) is 0 Å². The molecular formula is C3H10NaO3P. The normalized spacial score (nSPS) is 12.0. The summed E-state index contributed by atoms with van der Waals surface area (Å²) in [5, 5.41) is 0. The molecular weight excluding hydrogens is 138 g/mol. The number of hydrogen-bond acceptors (Lipinski definition) is 3. The van der Waals surface area contributed by atoms with Gasteiger partial charge in [-0.05, 0) is 0 Å². The fourth-order valence-electron chi connectivity index (χ4n) is 0. The summed E-state index contributed by atoms with van der Waals surface area (Å²) in [7, 11) is -3.37. The molecule has 0 heterocycles. The van der Waals surface area contributed by atoms with E-state index in [1.165, 1.54) is 6.92 Å². The zero-order chi connectivity index (χ0) is 6.08. The Hall–Kier alpha value is 1.02. The van der Waals surface area contributed by atoms with E-state index < -0.39 is 13.2 Å². The fraction of sp³-hybridized carbons (Fsp3) is 0.667. The first kappa shape index (κ1) is 11.8. The molecule has 0 bridgehead atoms. The van der Waals surface area contributed by atoms with E-state index in [1.807, 2.05) is 0 Å². The van der Waals surface area contributed by atoms with Crippen LogP contribution in [0.1, 0.15) is 6.92 Å². The molecule has 0 aliphatic heterocycles. The van der Waals surface area contributed by atoms with E-state index in [0.29, 0.717) is 0 Å². The minimum absolute atomic E-state index is 0. The van der Waals surface area contributed by atoms with Crippen molar-refractivity contribution in [2.75, 3.05) is 6.66 Å². The molecule has 0 atom stereocenters. The summed E-state index contributed by atoms with van der Waals surface area (Å²) in [6.07, 6.45) is 0. The minimum atomic E-state index is -3.37. The number of rotatable bonds is 1. The first-order valence-electron chi connectivity index (χ1n) is 1.90. The second kappa shape index (κ2) is 3.94. The Bertz CT molecular complexity index is 87.0. The molecule has 0 aliphatic carbocycles. The van der Waals surface area contributed by atoms with Crippen LogP contribution in [0.15, 0.2) is 0 Å². The van der Waals surface area contributed by atoms with Crippen molar-refractivity contribution in [3.63, 3.8) is 0 Å². The Morgan fingerprint density at radius 2 is 1.62 bits per heavy atom. The summed E-state index contributed by atoms with van der Waals surface area (Å²) in [6.45, 7) is 2.33. The molecule has 0 spiro atoms. The summed E-state index contributed by atoms with van der Waals surface area (Å²) < 4.78 is 0. The van der Waals surface area contributed by atoms with Crippen LogP contribution in [-0.2, 0) is 4.79 Å². The zero-order valence-electron chi connectivity index (χ0n) is 4.30. The summed E-state index contributed by atoms with van der Waals surface area (Å²) in [5.41, 5.74) is -0.507. The standard InChI is InChI=1S/C3H9O3P.Na.H/c1-3(4)7(2,5)6;;/h5-7H,1-2H3;;. The maximum absolute atomic E-state index is 10.0. The van der Waals surface area contributed by atoms with Crippen molar-refractivity contribution in [3.05, 3.63) is 0 Å². The van der Waals surface area contributed by atoms with Crippen LogP contribution < -0.4 is 0 Å². The van der Waals surface area contributed by atoms with Gasteiger partial charge < -0.3 is 0 Å². The molecule has 0 aromatic carbocycles. The Morgan fingerprint density at radius 3 is 1.62 bits per heavy atom. The van der Waals surface area contributed by atoms with Gasteiger partial charge in [-0.2, -0.15) is 0 Å². The van der Waals surface area contributed by atoms with Gasteiger partial charge in [0.15, 0.2) is 0 Å². The number of carbonyl (C=O) groups excluding carboxylic acids is 1. The molecule has 0 rings (SSSR count). The molecule has 0 saturated heterocycles. The first-order valence-corrected chi connectivity index (χ1v) is 4.30. The van der Waals surface area contributed by atoms with Crippen molar-refractivity contribution in [1.29, 1.82) is 0 Å². The van der Waals surface area contributed by atoms with Gasteiger partial charge in [-0.15, -0.1) is 0 Å². The van der Waals surface area contributed by atoms with Gasteiger partial charge in [0.1, 0.15) is 0 Å². The third-order valence-electron chi connectivity index (χ3n) is 0.667. The molecule has 2 N–H and O–H groups in total. The second-order valence-electron chi connectivity index (χ2n) is 1.58. The van der Waals surface area contributed by atoms with Gasteiger partial charge in [-0.3, -0.25) is 0 Å². The van der Waals surface area contributed by atoms with Gasteiger partial charge in [0.05, 0.1) is 0 Å². The van der Waals surface area contributed by atoms with Gasteiger partial charge in [0, 0.05) is 0 Å². The van der Waals surface area contributed by atoms with E-state index in [1.54, 1.807) is 0 Å². The molecule has 0 aromatic heterocycles. The Balaban J connectivity index is 0. The fourth-order valence-corrected chi connectivity index (χ4v) is 0. The van der Waals surface area contributed by atoms with E-state index in [4.69, 9.17) is 9.79 Å². The molecule has 3 nitrogen and oxygen atoms in total. The van der Waals surface area contributed by atoms with Gasteiger partial charge in [-0.1, -0.05) is 0 Å². The Morgan fingerprint density at radius 1 is 1.50 bits per heavy atom. The molecule has 8 heavy (non-hydrogen) atoms. The predicted octanol–water partition coefficient (Wildman–Crippen LogP) is -0.921. The number of hydrogen-bond donors (Lipinski definition) is 2. The van der Waals surface area contributed by atoms with E-state index >= 15 is 0 Å². The zero-order valence-corrected chi connectivity index (χ0v) is 5.30. The third-order valence-corrected chi connectivity index (χ3v) is 2.00. The van der Waals surface area contributed by atoms with E-state index in [-0.39, 0.29) is 29.6 Å². The maximum atomic E-state index is 10.0. The van der Waals surface area contributed by atoms with Crippen molar-refractivity contribution in [3.8, 4) is 0 Å². The van der Waals surface area contributed by atoms with Crippen molar-refractivity contribution < 1.29 is 14.6 Å². The average Bonchev–Trinajstić information content (AvgIpc) is 1.31. The summed E-state index contributed by atoms with van der Waals surface area (Å²) in [5.74, 6) is 0. The van der Waals surface area contributed by atoms with Crippen LogP contribution in [0.25, 0.3) is 0 Å². The molecule has 0 radical (unpaired) electrons. The van der Waals surface area contributed by atoms with Crippen LogP contribution in [0, 0.1) is 0 Å². The molecule has 0 unspecified atom stereocenters. The van der Waals surface area contributed by atoms with Crippen LogP contribution in [0.2, 0.25) is 0 Å². The van der Waals surface area contributed by atoms with Crippen molar-refractivity contribution >= 4 is 42.8 Å². The third kappa shape index (κ3) is 5.16. The Kier molecular flexibility index (Phi) is 5.79. The van der Waals surface area contributed by atoms with Crippen LogP contribution >= 0.6 is 7.72 Å². The van der Waals surface area contributed by atoms with Crippen LogP contribution in [0.4, 0.5) is 0 Å². The molecule has 0 aromatic rings. The average molecular weight is 148 g/mol. The van der Waals surface area contributed by atoms with Gasteiger partial charge >= 0.3 is 71.0 Å². The predicted molar refractivity (Wildman–Crippen MR) is 36.5 cm³/mol. The SMILES string of the molecule is CC(=O)[PH](C)(O)O.[NaH]. The Labute approximate surface area is 70.9 Å². The van der Waals surface area contributed by atoms with Gasteiger partial charge in [0.2, 0.25) is 0 Å². The first-order chi connectivity index (χ1) is 2.94. The quantitative estimate of drug-likeness (QED) is 0.373. The summed E-state index contributed by atoms with van der Waals surface area (Å²) in [6, 6.07) is 0. The summed E-state index contributed by atoms with van der Waals surface area (Å²) in [4.78, 5) is 26.9. The van der Waals surface area contributed by atoms with E-state index in [0.717, 1.165) is 6.66 Å². The van der Waals surface area contributed by atoms with Crippen LogP contribution in [0.3, 0.4) is 0 Å². The topological polar surface area (TPSA) is 57.5 Å². The molecule has 0 aliphatic rings. The van der Waals surface area contributed by atoms with Crippen molar-refractivity contribution in [1.82, 2.24) is 0 Å². The van der Waals surface area contributed by atoms with E-state index in [9.17, 15) is 4.79 Å². The van der Waals surface area contributed by atoms with Crippen LogP contribution in [-0.4, -0.2) is 51.5 Å².